The number of benzene rings is 2. The van der Waals surface area contributed by atoms with Gasteiger partial charge in [-0.15, -0.1) is 0 Å². The zero-order valence-electron chi connectivity index (χ0n) is 21.9. The minimum Gasteiger partial charge on any atom is -0.506 e. The molecule has 10 nitrogen and oxygen atoms in total. The molecule has 0 aromatic heterocycles. The summed E-state index contributed by atoms with van der Waals surface area (Å²) >= 11 is 0. The van der Waals surface area contributed by atoms with Crippen LogP contribution in [0, 0.1) is 13.8 Å². The van der Waals surface area contributed by atoms with Crippen LogP contribution in [0.3, 0.4) is 0 Å². The highest BCUT2D eigenvalue weighted by atomic mass is 16.5. The molecule has 6 rings (SSSR count). The maximum atomic E-state index is 12.7. The molecular weight excluding hydrogens is 520 g/mol. The fraction of sp³-hybridized carbons (Fsp3) is 0.267. The van der Waals surface area contributed by atoms with Crippen molar-refractivity contribution in [3.8, 4) is 34.1 Å². The van der Waals surface area contributed by atoms with Gasteiger partial charge in [-0.05, 0) is 75.3 Å². The third-order valence-electron chi connectivity index (χ3n) is 8.24. The molecule has 4 atom stereocenters. The summed E-state index contributed by atoms with van der Waals surface area (Å²) in [6.07, 6.45) is 2.25. The molecule has 2 aromatic rings. The fourth-order valence-electron chi connectivity index (χ4n) is 6.10. The van der Waals surface area contributed by atoms with Gasteiger partial charge in [0.1, 0.15) is 57.9 Å². The van der Waals surface area contributed by atoms with Crippen molar-refractivity contribution in [3.63, 3.8) is 0 Å². The van der Waals surface area contributed by atoms with Crippen molar-refractivity contribution in [1.82, 2.24) is 0 Å². The number of allylic oxidation sites excluding steroid dienone is 2. The van der Waals surface area contributed by atoms with E-state index in [2.05, 4.69) is 0 Å². The van der Waals surface area contributed by atoms with E-state index in [0.717, 1.165) is 12.2 Å². The smallest absolute Gasteiger partial charge is 0.189 e. The van der Waals surface area contributed by atoms with Crippen molar-refractivity contribution in [2.24, 2.45) is 0 Å². The molecule has 10 heteroatoms. The summed E-state index contributed by atoms with van der Waals surface area (Å²) in [6, 6.07) is 2.99. The molecule has 4 aliphatic rings. The number of rotatable bonds is 1. The first-order chi connectivity index (χ1) is 18.7. The van der Waals surface area contributed by atoms with Crippen LogP contribution in [0.1, 0.15) is 36.1 Å². The van der Waals surface area contributed by atoms with Crippen LogP contribution in [-0.4, -0.2) is 65.6 Å². The number of phenolic OH excluding ortho intramolecular Hbond substituents is 2. The number of carbonyl (C=O) groups excluding carboxylic acids is 2. The highest BCUT2D eigenvalue weighted by Gasteiger charge is 2.51. The third-order valence-corrected chi connectivity index (χ3v) is 8.24. The van der Waals surface area contributed by atoms with E-state index in [9.17, 15) is 40.2 Å². The van der Waals surface area contributed by atoms with E-state index in [1.54, 1.807) is 13.8 Å². The molecule has 2 aromatic carbocycles. The predicted octanol–water partition coefficient (Wildman–Crippen LogP) is 3.22. The van der Waals surface area contributed by atoms with Crippen molar-refractivity contribution >= 4 is 23.1 Å². The molecule has 0 saturated heterocycles. The van der Waals surface area contributed by atoms with Crippen molar-refractivity contribution in [1.29, 1.82) is 0 Å². The lowest BCUT2D eigenvalue weighted by Gasteiger charge is -2.41. The van der Waals surface area contributed by atoms with Gasteiger partial charge in [-0.3, -0.25) is 9.59 Å². The number of aliphatic hydroxyl groups is 4. The Labute approximate surface area is 228 Å². The second-order valence-electron chi connectivity index (χ2n) is 10.8. The summed E-state index contributed by atoms with van der Waals surface area (Å²) in [4.78, 5) is 25.4. The number of carbonyl (C=O) groups is 2. The van der Waals surface area contributed by atoms with Crippen LogP contribution in [0.5, 0.6) is 23.0 Å². The van der Waals surface area contributed by atoms with Crippen LogP contribution in [-0.2, 0) is 9.59 Å². The van der Waals surface area contributed by atoms with Crippen molar-refractivity contribution in [3.05, 3.63) is 69.8 Å². The lowest BCUT2D eigenvalue weighted by Crippen LogP contribution is -2.51. The summed E-state index contributed by atoms with van der Waals surface area (Å²) in [6.45, 7) is 6.15. The summed E-state index contributed by atoms with van der Waals surface area (Å²) < 4.78 is 12.0. The van der Waals surface area contributed by atoms with Gasteiger partial charge in [-0.25, -0.2) is 0 Å². The van der Waals surface area contributed by atoms with E-state index in [0.29, 0.717) is 11.1 Å². The first-order valence-corrected chi connectivity index (χ1v) is 12.5. The van der Waals surface area contributed by atoms with Gasteiger partial charge in [-0.1, -0.05) is 0 Å². The van der Waals surface area contributed by atoms with E-state index in [-0.39, 0.29) is 44.9 Å². The first-order valence-electron chi connectivity index (χ1n) is 12.5. The largest absolute Gasteiger partial charge is 0.506 e. The maximum Gasteiger partial charge on any atom is 0.189 e. The van der Waals surface area contributed by atoms with Crippen molar-refractivity contribution in [2.75, 3.05) is 0 Å². The molecule has 2 aliphatic heterocycles. The molecule has 0 saturated carbocycles. The first kappa shape index (κ1) is 25.7. The highest BCUT2D eigenvalue weighted by Crippen LogP contribution is 2.56. The summed E-state index contributed by atoms with van der Waals surface area (Å²) in [5, 5.41) is 66.6. The Morgan fingerprint density at radius 2 is 1.00 bits per heavy atom. The van der Waals surface area contributed by atoms with Crippen LogP contribution < -0.4 is 9.47 Å². The number of aliphatic hydroxyl groups excluding tert-OH is 4. The van der Waals surface area contributed by atoms with Gasteiger partial charge in [0.05, 0.1) is 11.1 Å². The monoisotopic (exact) mass is 546 g/mol. The van der Waals surface area contributed by atoms with Gasteiger partial charge in [0, 0.05) is 11.1 Å². The number of ketones is 2. The number of phenols is 2. The number of aromatic hydroxyl groups is 2. The summed E-state index contributed by atoms with van der Waals surface area (Å²) in [5.41, 5.74) is -3.16. The number of fused-ring (bicyclic) bond motifs is 4. The molecule has 0 radical (unpaired) electrons. The Balaban J connectivity index is 1.61. The lowest BCUT2D eigenvalue weighted by atomic mass is 9.77. The van der Waals surface area contributed by atoms with Crippen LogP contribution in [0.15, 0.2) is 47.6 Å². The Hall–Kier alpha value is -4.54. The third kappa shape index (κ3) is 3.05. The zero-order chi connectivity index (χ0) is 29.0. The SMILES string of the molecule is Cc1cc2c(c(O)c1-c1c(C)cc3c(c1O)C(O)=C1C(=O)C=CC(O)C1(C)O3)C(O)=C1C(=O)C=CC(O)C1(C)O2. The van der Waals surface area contributed by atoms with Gasteiger partial charge < -0.3 is 40.1 Å². The minimum atomic E-state index is -1.60. The number of hydrogen-bond donors (Lipinski definition) is 6. The topological polar surface area (TPSA) is 174 Å². The standard InChI is InChI=1S/C30H26O10/c1-11-9-15-21(27(37)23-13(31)5-7-17(33)29(23,3)39-15)25(35)19(11)20-12(2)10-16-22(26(20)36)28(38)24-14(32)6-8-18(34)30(24,4)40-16/h5-10,17-18,33-38H,1-4H3. The van der Waals surface area contributed by atoms with E-state index in [1.807, 2.05) is 0 Å². The molecule has 2 heterocycles. The van der Waals surface area contributed by atoms with Crippen LogP contribution in [0.2, 0.25) is 0 Å². The highest BCUT2D eigenvalue weighted by molar-refractivity contribution is 6.14. The van der Waals surface area contributed by atoms with E-state index < -0.39 is 58.0 Å². The maximum absolute atomic E-state index is 12.7. The molecule has 0 bridgehead atoms. The normalized spacial score (nSPS) is 28.4. The quantitative estimate of drug-likeness (QED) is 0.312. The lowest BCUT2D eigenvalue weighted by molar-refractivity contribution is -0.116. The van der Waals surface area contributed by atoms with Crippen molar-refractivity contribution in [2.45, 2.75) is 51.1 Å². The van der Waals surface area contributed by atoms with Gasteiger partial charge in [0.15, 0.2) is 22.8 Å². The molecular formula is C30H26O10. The predicted molar refractivity (Wildman–Crippen MR) is 142 cm³/mol. The second kappa shape index (κ2) is 8.00. The van der Waals surface area contributed by atoms with E-state index >= 15 is 0 Å². The molecule has 0 fully saturated rings. The van der Waals surface area contributed by atoms with E-state index in [1.165, 1.54) is 38.1 Å². The number of aryl methyl sites for hydroxylation is 2. The Bertz CT molecular complexity index is 1580. The fourth-order valence-corrected chi connectivity index (χ4v) is 6.10. The van der Waals surface area contributed by atoms with Crippen molar-refractivity contribution < 1.29 is 49.7 Å². The minimum absolute atomic E-state index is 0.0115. The molecule has 6 N–H and O–H groups in total. The molecule has 40 heavy (non-hydrogen) atoms. The zero-order valence-corrected chi connectivity index (χ0v) is 21.9. The van der Waals surface area contributed by atoms with Gasteiger partial charge in [0.25, 0.3) is 0 Å². The Morgan fingerprint density at radius 3 is 1.35 bits per heavy atom. The average Bonchev–Trinajstić information content (AvgIpc) is 2.85. The van der Waals surface area contributed by atoms with Crippen LogP contribution in [0.4, 0.5) is 0 Å². The van der Waals surface area contributed by atoms with Crippen LogP contribution >= 0.6 is 0 Å². The number of hydrogen-bond acceptors (Lipinski definition) is 10. The van der Waals surface area contributed by atoms with Crippen LogP contribution in [0.25, 0.3) is 22.6 Å². The average molecular weight is 547 g/mol. The molecule has 206 valence electrons. The Morgan fingerprint density at radius 1 is 0.650 bits per heavy atom. The molecule has 2 aliphatic carbocycles. The van der Waals surface area contributed by atoms with Gasteiger partial charge in [-0.2, -0.15) is 0 Å². The molecule has 4 unspecified atom stereocenters. The molecule has 0 spiro atoms. The number of ether oxygens (including phenoxy) is 2. The van der Waals surface area contributed by atoms with E-state index in [4.69, 9.17) is 9.47 Å². The van der Waals surface area contributed by atoms with Gasteiger partial charge >= 0.3 is 0 Å². The summed E-state index contributed by atoms with van der Waals surface area (Å²) in [5.74, 6) is -3.37. The Kier molecular flexibility index (Phi) is 5.14. The van der Waals surface area contributed by atoms with Gasteiger partial charge in [0.2, 0.25) is 0 Å². The second-order valence-corrected chi connectivity index (χ2v) is 10.8. The summed E-state index contributed by atoms with van der Waals surface area (Å²) in [7, 11) is 0. The molecule has 0 amide bonds.